The number of hydrogen-bond acceptors (Lipinski definition) is 5. The van der Waals surface area contributed by atoms with E-state index in [-0.39, 0.29) is 11.9 Å². The monoisotopic (exact) mass is 263 g/mol. The molecular formula is C13H21N5O. The summed E-state index contributed by atoms with van der Waals surface area (Å²) in [6.45, 7) is 5.63. The number of amides is 1. The number of piperidine rings is 1. The minimum atomic E-state index is -0.193. The second kappa shape index (κ2) is 6.36. The van der Waals surface area contributed by atoms with Crippen LogP contribution >= 0.6 is 0 Å². The minimum absolute atomic E-state index is 0.0485. The van der Waals surface area contributed by atoms with E-state index in [0.29, 0.717) is 5.95 Å². The predicted molar refractivity (Wildman–Crippen MR) is 75.2 cm³/mol. The zero-order valence-corrected chi connectivity index (χ0v) is 11.5. The number of nitrogens with zero attached hydrogens (tertiary/aromatic N) is 2. The van der Waals surface area contributed by atoms with Crippen molar-refractivity contribution in [3.8, 4) is 0 Å². The summed E-state index contributed by atoms with van der Waals surface area (Å²) >= 11 is 0. The van der Waals surface area contributed by atoms with Crippen LogP contribution < -0.4 is 16.0 Å². The molecule has 2 heterocycles. The van der Waals surface area contributed by atoms with Gasteiger partial charge in [0, 0.05) is 24.8 Å². The third kappa shape index (κ3) is 3.56. The molecule has 104 valence electrons. The van der Waals surface area contributed by atoms with Crippen LogP contribution in [0.15, 0.2) is 6.20 Å². The largest absolute Gasteiger partial charge is 0.358 e. The van der Waals surface area contributed by atoms with Gasteiger partial charge in [-0.05, 0) is 26.2 Å². The van der Waals surface area contributed by atoms with E-state index >= 15 is 0 Å². The van der Waals surface area contributed by atoms with E-state index in [2.05, 4.69) is 32.8 Å². The van der Waals surface area contributed by atoms with Crippen molar-refractivity contribution in [3.05, 3.63) is 11.8 Å². The van der Waals surface area contributed by atoms with Crippen LogP contribution in [-0.4, -0.2) is 35.0 Å². The molecule has 1 fully saturated rings. The molecule has 1 aromatic heterocycles. The van der Waals surface area contributed by atoms with Crippen LogP contribution in [-0.2, 0) is 4.79 Å². The molecular weight excluding hydrogens is 242 g/mol. The molecule has 1 saturated heterocycles. The molecule has 0 saturated carbocycles. The van der Waals surface area contributed by atoms with Crippen LogP contribution in [0.25, 0.3) is 0 Å². The third-order valence-corrected chi connectivity index (χ3v) is 3.10. The molecule has 1 atom stereocenters. The second-order valence-corrected chi connectivity index (χ2v) is 4.78. The molecule has 0 radical (unpaired) electrons. The van der Waals surface area contributed by atoms with Crippen molar-refractivity contribution < 1.29 is 4.79 Å². The average Bonchev–Trinajstić information content (AvgIpc) is 2.42. The van der Waals surface area contributed by atoms with Crippen molar-refractivity contribution >= 4 is 17.7 Å². The van der Waals surface area contributed by atoms with E-state index in [9.17, 15) is 4.79 Å². The number of carbonyl (C=O) groups is 1. The van der Waals surface area contributed by atoms with Gasteiger partial charge in [0.05, 0.1) is 0 Å². The molecule has 0 bridgehead atoms. The Hall–Kier alpha value is -1.85. The number of carbonyl (C=O) groups excluding carboxylic acids is 1. The Kier molecular flexibility index (Phi) is 4.54. The van der Waals surface area contributed by atoms with Crippen LogP contribution in [0.5, 0.6) is 0 Å². The summed E-state index contributed by atoms with van der Waals surface area (Å²) in [5, 5.41) is 9.22. The van der Waals surface area contributed by atoms with Crippen molar-refractivity contribution in [2.75, 3.05) is 23.7 Å². The van der Waals surface area contributed by atoms with E-state index in [1.54, 1.807) is 6.20 Å². The lowest BCUT2D eigenvalue weighted by atomic mass is 10.1. The zero-order valence-electron chi connectivity index (χ0n) is 11.5. The van der Waals surface area contributed by atoms with Gasteiger partial charge in [0.25, 0.3) is 0 Å². The Labute approximate surface area is 113 Å². The predicted octanol–water partition coefficient (Wildman–Crippen LogP) is 1.30. The number of rotatable bonds is 5. The first-order valence-electron chi connectivity index (χ1n) is 6.82. The van der Waals surface area contributed by atoms with Crippen LogP contribution in [0.1, 0.15) is 31.7 Å². The molecule has 3 N–H and O–H groups in total. The van der Waals surface area contributed by atoms with Gasteiger partial charge in [-0.25, -0.2) is 4.98 Å². The van der Waals surface area contributed by atoms with E-state index < -0.39 is 0 Å². The SMILES string of the molecule is CCCNc1ncc(C)c(NC2CCCNC2=O)n1. The molecule has 1 aromatic rings. The van der Waals surface area contributed by atoms with E-state index in [4.69, 9.17) is 0 Å². The highest BCUT2D eigenvalue weighted by atomic mass is 16.2. The third-order valence-electron chi connectivity index (χ3n) is 3.10. The summed E-state index contributed by atoms with van der Waals surface area (Å²) < 4.78 is 0. The van der Waals surface area contributed by atoms with Gasteiger partial charge in [-0.15, -0.1) is 0 Å². The first-order valence-corrected chi connectivity index (χ1v) is 6.82. The summed E-state index contributed by atoms with van der Waals surface area (Å²) in [5.41, 5.74) is 0.945. The topological polar surface area (TPSA) is 78.9 Å². The Morgan fingerprint density at radius 3 is 3.11 bits per heavy atom. The molecule has 6 nitrogen and oxygen atoms in total. The van der Waals surface area contributed by atoms with Gasteiger partial charge in [0.15, 0.2) is 0 Å². The van der Waals surface area contributed by atoms with Gasteiger partial charge in [0.2, 0.25) is 11.9 Å². The molecule has 1 unspecified atom stereocenters. The van der Waals surface area contributed by atoms with Crippen molar-refractivity contribution in [1.82, 2.24) is 15.3 Å². The minimum Gasteiger partial charge on any atom is -0.358 e. The molecule has 1 aliphatic rings. The molecule has 1 aliphatic heterocycles. The van der Waals surface area contributed by atoms with Gasteiger partial charge >= 0.3 is 0 Å². The van der Waals surface area contributed by atoms with Gasteiger partial charge in [-0.3, -0.25) is 4.79 Å². The number of hydrogen-bond donors (Lipinski definition) is 3. The van der Waals surface area contributed by atoms with Gasteiger partial charge in [-0.2, -0.15) is 4.98 Å². The lowest BCUT2D eigenvalue weighted by molar-refractivity contribution is -0.123. The van der Waals surface area contributed by atoms with E-state index in [0.717, 1.165) is 43.7 Å². The van der Waals surface area contributed by atoms with Crippen molar-refractivity contribution in [2.45, 2.75) is 39.2 Å². The lowest BCUT2D eigenvalue weighted by Gasteiger charge is -2.24. The first kappa shape index (κ1) is 13.6. The summed E-state index contributed by atoms with van der Waals surface area (Å²) in [4.78, 5) is 20.4. The van der Waals surface area contributed by atoms with E-state index in [1.807, 2.05) is 6.92 Å². The van der Waals surface area contributed by atoms with Crippen molar-refractivity contribution in [3.63, 3.8) is 0 Å². The van der Waals surface area contributed by atoms with Crippen molar-refractivity contribution in [1.29, 1.82) is 0 Å². The molecule has 6 heteroatoms. The molecule has 2 rings (SSSR count). The van der Waals surface area contributed by atoms with Crippen LogP contribution in [0.2, 0.25) is 0 Å². The number of nitrogens with one attached hydrogen (secondary N) is 3. The standard InChI is InChI=1S/C13H21N5O/c1-3-6-15-13-16-8-9(2)11(18-13)17-10-5-4-7-14-12(10)19/h8,10H,3-7H2,1-2H3,(H,14,19)(H2,15,16,17,18). The first-order chi connectivity index (χ1) is 9.20. The highest BCUT2D eigenvalue weighted by molar-refractivity contribution is 5.85. The second-order valence-electron chi connectivity index (χ2n) is 4.78. The van der Waals surface area contributed by atoms with Gasteiger partial charge in [0.1, 0.15) is 11.9 Å². The molecule has 0 spiro atoms. The quantitative estimate of drug-likeness (QED) is 0.746. The van der Waals surface area contributed by atoms with E-state index in [1.165, 1.54) is 0 Å². The zero-order chi connectivity index (χ0) is 13.7. The smallest absolute Gasteiger partial charge is 0.242 e. The molecule has 19 heavy (non-hydrogen) atoms. The fourth-order valence-electron chi connectivity index (χ4n) is 1.98. The summed E-state index contributed by atoms with van der Waals surface area (Å²) in [6.07, 6.45) is 4.63. The summed E-state index contributed by atoms with van der Waals surface area (Å²) in [6, 6.07) is -0.193. The average molecular weight is 263 g/mol. The highest BCUT2D eigenvalue weighted by Gasteiger charge is 2.22. The summed E-state index contributed by atoms with van der Waals surface area (Å²) in [7, 11) is 0. The molecule has 0 aromatic carbocycles. The Bertz CT molecular complexity index is 449. The molecule has 1 amide bonds. The normalized spacial score (nSPS) is 18.8. The van der Waals surface area contributed by atoms with Crippen LogP contribution in [0.4, 0.5) is 11.8 Å². The lowest BCUT2D eigenvalue weighted by Crippen LogP contribution is -2.44. The Morgan fingerprint density at radius 1 is 1.53 bits per heavy atom. The fraction of sp³-hybridized carbons (Fsp3) is 0.615. The number of anilines is 2. The van der Waals surface area contributed by atoms with Crippen LogP contribution in [0, 0.1) is 6.92 Å². The maximum Gasteiger partial charge on any atom is 0.242 e. The summed E-state index contributed by atoms with van der Waals surface area (Å²) in [5.74, 6) is 1.38. The van der Waals surface area contributed by atoms with Crippen LogP contribution in [0.3, 0.4) is 0 Å². The maximum absolute atomic E-state index is 11.7. The highest BCUT2D eigenvalue weighted by Crippen LogP contribution is 2.16. The molecule has 0 aliphatic carbocycles. The number of aryl methyl sites for hydroxylation is 1. The number of aromatic nitrogens is 2. The van der Waals surface area contributed by atoms with Crippen molar-refractivity contribution in [2.24, 2.45) is 0 Å². The Balaban J connectivity index is 2.07. The van der Waals surface area contributed by atoms with Gasteiger partial charge in [-0.1, -0.05) is 6.92 Å². The fourth-order valence-corrected chi connectivity index (χ4v) is 1.98. The van der Waals surface area contributed by atoms with Gasteiger partial charge < -0.3 is 16.0 Å². The Morgan fingerprint density at radius 2 is 2.37 bits per heavy atom. The maximum atomic E-state index is 11.7.